The zero-order valence-corrected chi connectivity index (χ0v) is 13.2. The number of hydrogen-bond acceptors (Lipinski definition) is 2. The topological polar surface area (TPSA) is 21.3 Å². The Hall–Kier alpha value is -1.58. The van der Waals surface area contributed by atoms with Gasteiger partial charge in [-0.3, -0.25) is 0 Å². The molecular formula is C17H19ClFNO. The van der Waals surface area contributed by atoms with E-state index in [0.29, 0.717) is 17.7 Å². The summed E-state index contributed by atoms with van der Waals surface area (Å²) < 4.78 is 18.8. The van der Waals surface area contributed by atoms with Gasteiger partial charge in [0.1, 0.15) is 18.2 Å². The van der Waals surface area contributed by atoms with E-state index in [0.717, 1.165) is 16.9 Å². The minimum Gasteiger partial charge on any atom is -0.489 e. The van der Waals surface area contributed by atoms with Crippen molar-refractivity contribution in [3.05, 3.63) is 63.9 Å². The number of aryl methyl sites for hydroxylation is 1. The average molecular weight is 308 g/mol. The van der Waals surface area contributed by atoms with E-state index < -0.39 is 0 Å². The first kappa shape index (κ1) is 15.8. The van der Waals surface area contributed by atoms with E-state index in [1.807, 2.05) is 26.1 Å². The molecule has 0 heterocycles. The van der Waals surface area contributed by atoms with Crippen LogP contribution in [0.3, 0.4) is 0 Å². The molecule has 4 heteroatoms. The number of halogens is 2. The third-order valence-corrected chi connectivity index (χ3v) is 3.88. The number of rotatable bonds is 5. The second-order valence-electron chi connectivity index (χ2n) is 5.06. The van der Waals surface area contributed by atoms with E-state index in [2.05, 4.69) is 18.3 Å². The van der Waals surface area contributed by atoms with E-state index in [4.69, 9.17) is 16.3 Å². The maximum atomic E-state index is 13.0. The van der Waals surface area contributed by atoms with Gasteiger partial charge in [0.15, 0.2) is 0 Å². The highest BCUT2D eigenvalue weighted by Crippen LogP contribution is 2.25. The van der Waals surface area contributed by atoms with Crippen LogP contribution in [0, 0.1) is 12.7 Å². The quantitative estimate of drug-likeness (QED) is 0.868. The summed E-state index contributed by atoms with van der Waals surface area (Å²) in [5.41, 5.74) is 3.04. The zero-order chi connectivity index (χ0) is 15.4. The van der Waals surface area contributed by atoms with Crippen LogP contribution in [0.4, 0.5) is 4.39 Å². The number of benzene rings is 2. The fourth-order valence-electron chi connectivity index (χ4n) is 2.06. The fourth-order valence-corrected chi connectivity index (χ4v) is 2.29. The van der Waals surface area contributed by atoms with Gasteiger partial charge in [0.25, 0.3) is 0 Å². The van der Waals surface area contributed by atoms with E-state index in [1.165, 1.54) is 17.7 Å². The van der Waals surface area contributed by atoms with Gasteiger partial charge < -0.3 is 10.1 Å². The van der Waals surface area contributed by atoms with Crippen molar-refractivity contribution in [3.63, 3.8) is 0 Å². The van der Waals surface area contributed by atoms with Crippen molar-refractivity contribution in [2.75, 3.05) is 7.05 Å². The highest BCUT2D eigenvalue weighted by Gasteiger charge is 2.08. The maximum absolute atomic E-state index is 13.0. The summed E-state index contributed by atoms with van der Waals surface area (Å²) in [5, 5.41) is 3.59. The first-order chi connectivity index (χ1) is 10.0. The smallest absolute Gasteiger partial charge is 0.124 e. The third kappa shape index (κ3) is 3.96. The van der Waals surface area contributed by atoms with Crippen LogP contribution in [0.1, 0.15) is 29.7 Å². The van der Waals surface area contributed by atoms with Gasteiger partial charge in [0.2, 0.25) is 0 Å². The van der Waals surface area contributed by atoms with E-state index in [9.17, 15) is 4.39 Å². The Bertz CT molecular complexity index is 630. The standard InChI is InChI=1S/C17H19ClFNO/c1-11-8-13(12(2)20-3)5-7-17(11)21-10-14-4-6-15(19)9-16(14)18/h4-9,12,20H,10H2,1-3H3. The molecular weight excluding hydrogens is 289 g/mol. The van der Waals surface area contributed by atoms with Crippen LogP contribution in [0.15, 0.2) is 36.4 Å². The lowest BCUT2D eigenvalue weighted by Gasteiger charge is -2.15. The Morgan fingerprint density at radius 1 is 1.24 bits per heavy atom. The second kappa shape index (κ2) is 6.92. The zero-order valence-electron chi connectivity index (χ0n) is 12.4. The van der Waals surface area contributed by atoms with Crippen molar-refractivity contribution < 1.29 is 9.13 Å². The van der Waals surface area contributed by atoms with E-state index >= 15 is 0 Å². The maximum Gasteiger partial charge on any atom is 0.124 e. The highest BCUT2D eigenvalue weighted by molar-refractivity contribution is 6.31. The molecule has 2 aromatic carbocycles. The van der Waals surface area contributed by atoms with Crippen LogP contribution in [0.2, 0.25) is 5.02 Å². The molecule has 0 spiro atoms. The van der Waals surface area contributed by atoms with Crippen LogP contribution >= 0.6 is 11.6 Å². The van der Waals surface area contributed by atoms with Crippen LogP contribution in [0.5, 0.6) is 5.75 Å². The Kier molecular flexibility index (Phi) is 5.21. The van der Waals surface area contributed by atoms with Crippen molar-refractivity contribution in [2.45, 2.75) is 26.5 Å². The summed E-state index contributed by atoms with van der Waals surface area (Å²) in [5.74, 6) is 0.466. The number of hydrogen-bond donors (Lipinski definition) is 1. The van der Waals surface area contributed by atoms with Gasteiger partial charge in [-0.05, 0) is 50.2 Å². The first-order valence-corrected chi connectivity index (χ1v) is 7.23. The summed E-state index contributed by atoms with van der Waals surface area (Å²) in [6.45, 7) is 4.43. The summed E-state index contributed by atoms with van der Waals surface area (Å²) in [6, 6.07) is 10.7. The van der Waals surface area contributed by atoms with Gasteiger partial charge in [-0.2, -0.15) is 0 Å². The summed E-state index contributed by atoms with van der Waals surface area (Å²) in [4.78, 5) is 0. The molecule has 1 N–H and O–H groups in total. The Morgan fingerprint density at radius 3 is 2.62 bits per heavy atom. The largest absolute Gasteiger partial charge is 0.489 e. The molecule has 2 aromatic rings. The lowest BCUT2D eigenvalue weighted by Crippen LogP contribution is -2.12. The molecule has 0 fully saturated rings. The molecule has 21 heavy (non-hydrogen) atoms. The monoisotopic (exact) mass is 307 g/mol. The molecule has 0 aromatic heterocycles. The molecule has 0 amide bonds. The SMILES string of the molecule is CNC(C)c1ccc(OCc2ccc(F)cc2Cl)c(C)c1. The minimum atomic E-state index is -0.342. The molecule has 0 saturated heterocycles. The van der Waals surface area contributed by atoms with Crippen molar-refractivity contribution in [3.8, 4) is 5.75 Å². The molecule has 0 bridgehead atoms. The molecule has 0 radical (unpaired) electrons. The molecule has 0 saturated carbocycles. The van der Waals surface area contributed by atoms with E-state index in [1.54, 1.807) is 6.07 Å². The molecule has 2 rings (SSSR count). The first-order valence-electron chi connectivity index (χ1n) is 6.86. The predicted molar refractivity (Wildman–Crippen MR) is 84.4 cm³/mol. The van der Waals surface area contributed by atoms with Crippen molar-refractivity contribution in [1.82, 2.24) is 5.32 Å². The Labute approximate surface area is 129 Å². The van der Waals surface area contributed by atoms with Crippen molar-refractivity contribution in [2.24, 2.45) is 0 Å². The summed E-state index contributed by atoms with van der Waals surface area (Å²) in [6.07, 6.45) is 0. The molecule has 0 aliphatic heterocycles. The van der Waals surface area contributed by atoms with Crippen molar-refractivity contribution in [1.29, 1.82) is 0 Å². The van der Waals surface area contributed by atoms with Gasteiger partial charge >= 0.3 is 0 Å². The fraction of sp³-hybridized carbons (Fsp3) is 0.294. The second-order valence-corrected chi connectivity index (χ2v) is 5.47. The molecule has 112 valence electrons. The molecule has 1 unspecified atom stereocenters. The highest BCUT2D eigenvalue weighted by atomic mass is 35.5. The van der Waals surface area contributed by atoms with Crippen molar-refractivity contribution >= 4 is 11.6 Å². The van der Waals surface area contributed by atoms with Crippen LogP contribution in [-0.2, 0) is 6.61 Å². The third-order valence-electron chi connectivity index (χ3n) is 3.53. The Morgan fingerprint density at radius 2 is 2.00 bits per heavy atom. The predicted octanol–water partition coefficient (Wildman–Crippen LogP) is 4.65. The molecule has 0 aliphatic rings. The lowest BCUT2D eigenvalue weighted by atomic mass is 10.1. The molecule has 1 atom stereocenters. The molecule has 2 nitrogen and oxygen atoms in total. The van der Waals surface area contributed by atoms with Gasteiger partial charge in [-0.1, -0.05) is 29.8 Å². The van der Waals surface area contributed by atoms with Gasteiger partial charge in [-0.15, -0.1) is 0 Å². The molecule has 0 aliphatic carbocycles. The van der Waals surface area contributed by atoms with Crippen LogP contribution < -0.4 is 10.1 Å². The lowest BCUT2D eigenvalue weighted by molar-refractivity contribution is 0.304. The summed E-state index contributed by atoms with van der Waals surface area (Å²) >= 11 is 5.99. The summed E-state index contributed by atoms with van der Waals surface area (Å²) in [7, 11) is 1.93. The van der Waals surface area contributed by atoms with Gasteiger partial charge in [-0.25, -0.2) is 4.39 Å². The minimum absolute atomic E-state index is 0.296. The van der Waals surface area contributed by atoms with Gasteiger partial charge in [0, 0.05) is 11.6 Å². The normalized spacial score (nSPS) is 12.2. The Balaban J connectivity index is 2.10. The average Bonchev–Trinajstić information content (AvgIpc) is 2.46. The number of nitrogens with one attached hydrogen (secondary N) is 1. The van der Waals surface area contributed by atoms with Crippen LogP contribution in [0.25, 0.3) is 0 Å². The number of ether oxygens (including phenoxy) is 1. The van der Waals surface area contributed by atoms with Crippen LogP contribution in [-0.4, -0.2) is 7.05 Å². The van der Waals surface area contributed by atoms with E-state index in [-0.39, 0.29) is 5.82 Å². The van der Waals surface area contributed by atoms with Gasteiger partial charge in [0.05, 0.1) is 5.02 Å².